The summed E-state index contributed by atoms with van der Waals surface area (Å²) in [6.07, 6.45) is 3.10. The predicted molar refractivity (Wildman–Crippen MR) is 69.6 cm³/mol. The van der Waals surface area contributed by atoms with Crippen LogP contribution in [0.4, 0.5) is 0 Å². The van der Waals surface area contributed by atoms with Crippen molar-refractivity contribution < 1.29 is 9.84 Å². The molecule has 2 nitrogen and oxygen atoms in total. The molecule has 1 aliphatic rings. The molecule has 0 saturated carbocycles. The van der Waals surface area contributed by atoms with E-state index in [4.69, 9.17) is 4.74 Å². The Morgan fingerprint density at radius 1 is 1.29 bits per heavy atom. The average molecular weight is 234 g/mol. The van der Waals surface area contributed by atoms with Crippen LogP contribution in [0.25, 0.3) is 0 Å². The van der Waals surface area contributed by atoms with E-state index in [1.165, 1.54) is 16.7 Å². The van der Waals surface area contributed by atoms with Crippen LogP contribution in [0, 0.1) is 13.8 Å². The van der Waals surface area contributed by atoms with Gasteiger partial charge in [0.2, 0.25) is 0 Å². The summed E-state index contributed by atoms with van der Waals surface area (Å²) in [5, 5.41) is 9.58. The zero-order chi connectivity index (χ0) is 12.6. The van der Waals surface area contributed by atoms with Gasteiger partial charge in [-0.1, -0.05) is 6.92 Å². The van der Waals surface area contributed by atoms with E-state index in [1.807, 2.05) is 12.1 Å². The number of epoxide rings is 1. The molecule has 3 unspecified atom stereocenters. The van der Waals surface area contributed by atoms with Gasteiger partial charge < -0.3 is 9.84 Å². The van der Waals surface area contributed by atoms with Crippen LogP contribution in [0.5, 0.6) is 5.75 Å². The highest BCUT2D eigenvalue weighted by Gasteiger charge is 2.36. The molecule has 1 saturated heterocycles. The summed E-state index contributed by atoms with van der Waals surface area (Å²) in [5.41, 5.74) is 3.79. The summed E-state index contributed by atoms with van der Waals surface area (Å²) >= 11 is 0. The van der Waals surface area contributed by atoms with E-state index in [0.29, 0.717) is 23.9 Å². The Labute approximate surface area is 104 Å². The summed E-state index contributed by atoms with van der Waals surface area (Å²) in [7, 11) is 0. The summed E-state index contributed by atoms with van der Waals surface area (Å²) in [6.45, 7) is 8.53. The van der Waals surface area contributed by atoms with Crippen molar-refractivity contribution in [2.24, 2.45) is 0 Å². The first-order valence-corrected chi connectivity index (χ1v) is 6.48. The van der Waals surface area contributed by atoms with E-state index >= 15 is 0 Å². The van der Waals surface area contributed by atoms with Gasteiger partial charge in [0, 0.05) is 0 Å². The molecule has 1 aromatic carbocycles. The third-order valence-corrected chi connectivity index (χ3v) is 3.83. The highest BCUT2D eigenvalue weighted by molar-refractivity contribution is 5.42. The van der Waals surface area contributed by atoms with Crippen molar-refractivity contribution in [3.63, 3.8) is 0 Å². The van der Waals surface area contributed by atoms with E-state index in [9.17, 15) is 5.11 Å². The zero-order valence-electron chi connectivity index (χ0n) is 11.2. The number of rotatable bonds is 4. The Kier molecular flexibility index (Phi) is 3.43. The molecule has 0 radical (unpaired) electrons. The van der Waals surface area contributed by atoms with Crippen LogP contribution in [-0.4, -0.2) is 17.3 Å². The van der Waals surface area contributed by atoms with Crippen molar-refractivity contribution >= 4 is 0 Å². The van der Waals surface area contributed by atoms with Crippen LogP contribution in [0.15, 0.2) is 12.1 Å². The molecule has 17 heavy (non-hydrogen) atoms. The maximum absolute atomic E-state index is 9.58. The van der Waals surface area contributed by atoms with Gasteiger partial charge in [-0.2, -0.15) is 0 Å². The molecule has 2 rings (SSSR count). The van der Waals surface area contributed by atoms with E-state index in [-0.39, 0.29) is 0 Å². The molecule has 1 N–H and O–H groups in total. The Morgan fingerprint density at radius 2 is 1.82 bits per heavy atom. The highest BCUT2D eigenvalue weighted by atomic mass is 16.6. The fourth-order valence-electron chi connectivity index (χ4n) is 2.84. The van der Waals surface area contributed by atoms with Gasteiger partial charge >= 0.3 is 0 Å². The van der Waals surface area contributed by atoms with Crippen LogP contribution in [0.3, 0.4) is 0 Å². The Hall–Kier alpha value is -1.02. The second-order valence-corrected chi connectivity index (χ2v) is 5.21. The number of benzene rings is 1. The van der Waals surface area contributed by atoms with Crippen molar-refractivity contribution in [1.82, 2.24) is 0 Å². The van der Waals surface area contributed by atoms with Gasteiger partial charge in [-0.05, 0) is 68.4 Å². The normalized spacial score (nSPS) is 24.7. The minimum atomic E-state index is 0.370. The third-order valence-electron chi connectivity index (χ3n) is 3.83. The van der Waals surface area contributed by atoms with E-state index < -0.39 is 0 Å². The molecule has 0 spiro atoms. The molecule has 0 amide bonds. The van der Waals surface area contributed by atoms with Gasteiger partial charge in [0.25, 0.3) is 0 Å². The lowest BCUT2D eigenvalue weighted by Gasteiger charge is -2.20. The van der Waals surface area contributed by atoms with Crippen molar-refractivity contribution in [2.75, 3.05) is 0 Å². The minimum Gasteiger partial charge on any atom is -0.508 e. The topological polar surface area (TPSA) is 32.8 Å². The Morgan fingerprint density at radius 3 is 2.24 bits per heavy atom. The fraction of sp³-hybridized carbons (Fsp3) is 0.600. The number of hydrogen-bond acceptors (Lipinski definition) is 2. The summed E-state index contributed by atoms with van der Waals surface area (Å²) in [4.78, 5) is 0. The maximum atomic E-state index is 9.58. The minimum absolute atomic E-state index is 0.370. The van der Waals surface area contributed by atoms with Crippen molar-refractivity contribution in [3.8, 4) is 5.75 Å². The number of aryl methyl sites for hydroxylation is 2. The molecule has 1 aliphatic heterocycles. The lowest BCUT2D eigenvalue weighted by atomic mass is 9.85. The first-order chi connectivity index (χ1) is 8.02. The maximum Gasteiger partial charge on any atom is 0.116 e. The Bertz CT molecular complexity index is 388. The smallest absolute Gasteiger partial charge is 0.116 e. The van der Waals surface area contributed by atoms with Crippen molar-refractivity contribution in [2.45, 2.75) is 58.7 Å². The van der Waals surface area contributed by atoms with Crippen molar-refractivity contribution in [3.05, 3.63) is 28.8 Å². The van der Waals surface area contributed by atoms with Gasteiger partial charge in [-0.15, -0.1) is 0 Å². The fourth-order valence-corrected chi connectivity index (χ4v) is 2.84. The SMILES string of the molecule is CCC(CC1OC1C)c1c(C)cc(O)cc1C. The number of ether oxygens (including phenoxy) is 1. The average Bonchev–Trinajstić information content (AvgIpc) is 2.91. The first-order valence-electron chi connectivity index (χ1n) is 6.48. The van der Waals surface area contributed by atoms with E-state index in [0.717, 1.165) is 12.8 Å². The molecular formula is C15H22O2. The lowest BCUT2D eigenvalue weighted by Crippen LogP contribution is -2.07. The molecule has 94 valence electrons. The summed E-state index contributed by atoms with van der Waals surface area (Å²) in [5.74, 6) is 0.917. The molecule has 1 fully saturated rings. The zero-order valence-corrected chi connectivity index (χ0v) is 11.2. The second-order valence-electron chi connectivity index (χ2n) is 5.21. The molecular weight excluding hydrogens is 212 g/mol. The van der Waals surface area contributed by atoms with Gasteiger partial charge in [0.15, 0.2) is 0 Å². The highest BCUT2D eigenvalue weighted by Crippen LogP contribution is 2.37. The largest absolute Gasteiger partial charge is 0.508 e. The molecule has 0 aromatic heterocycles. The van der Waals surface area contributed by atoms with Gasteiger partial charge in [0.05, 0.1) is 12.2 Å². The molecule has 1 aromatic rings. The van der Waals surface area contributed by atoms with Crippen LogP contribution in [-0.2, 0) is 4.74 Å². The number of phenols is 1. The van der Waals surface area contributed by atoms with E-state index in [2.05, 4.69) is 27.7 Å². The molecule has 2 heteroatoms. The van der Waals surface area contributed by atoms with Crippen LogP contribution < -0.4 is 0 Å². The second kappa shape index (κ2) is 4.69. The predicted octanol–water partition coefficient (Wildman–Crippen LogP) is 3.68. The van der Waals surface area contributed by atoms with Crippen molar-refractivity contribution in [1.29, 1.82) is 0 Å². The van der Waals surface area contributed by atoms with Gasteiger partial charge in [-0.3, -0.25) is 0 Å². The molecule has 0 aliphatic carbocycles. The quantitative estimate of drug-likeness (QED) is 0.806. The lowest BCUT2D eigenvalue weighted by molar-refractivity contribution is 0.357. The van der Waals surface area contributed by atoms with Crippen LogP contribution in [0.1, 0.15) is 49.3 Å². The van der Waals surface area contributed by atoms with Gasteiger partial charge in [-0.25, -0.2) is 0 Å². The molecule has 0 bridgehead atoms. The number of phenolic OH excluding ortho intramolecular Hbond substituents is 1. The number of hydrogen-bond donors (Lipinski definition) is 1. The standard InChI is InChI=1S/C15H22O2/c1-5-12(8-14-11(4)17-14)15-9(2)6-13(16)7-10(15)3/h6-7,11-12,14,16H,5,8H2,1-4H3. The van der Waals surface area contributed by atoms with Crippen LogP contribution in [0.2, 0.25) is 0 Å². The van der Waals surface area contributed by atoms with Crippen LogP contribution >= 0.6 is 0 Å². The van der Waals surface area contributed by atoms with E-state index in [1.54, 1.807) is 0 Å². The molecule has 1 heterocycles. The third kappa shape index (κ3) is 2.63. The summed E-state index contributed by atoms with van der Waals surface area (Å²) in [6, 6.07) is 3.73. The monoisotopic (exact) mass is 234 g/mol. The summed E-state index contributed by atoms with van der Waals surface area (Å²) < 4.78 is 5.52. The van der Waals surface area contributed by atoms with Gasteiger partial charge in [0.1, 0.15) is 5.75 Å². The first kappa shape index (κ1) is 12.4. The number of aromatic hydroxyl groups is 1. The Balaban J connectivity index is 2.23. The molecule has 3 atom stereocenters.